The minimum absolute atomic E-state index is 0.355. The number of benzene rings is 2. The Kier molecular flexibility index (Phi) is 4.37. The number of sulfone groups is 1. The number of rotatable bonds is 4. The van der Waals surface area contributed by atoms with Crippen LogP contribution in [0.5, 0.6) is 0 Å². The molecule has 0 aliphatic heterocycles. The molecule has 6 heteroatoms. The van der Waals surface area contributed by atoms with Crippen molar-refractivity contribution >= 4 is 25.8 Å². The summed E-state index contributed by atoms with van der Waals surface area (Å²) in [6.45, 7) is 0.449. The molecule has 0 radical (unpaired) electrons. The van der Waals surface area contributed by atoms with Crippen LogP contribution in [0.4, 0.5) is 0 Å². The zero-order valence-electron chi connectivity index (χ0n) is 12.5. The quantitative estimate of drug-likeness (QED) is 0.681. The number of hydrogen-bond acceptors (Lipinski definition) is 3. The van der Waals surface area contributed by atoms with Gasteiger partial charge >= 0.3 is 0 Å². The fourth-order valence-corrected chi connectivity index (χ4v) is 3.84. The number of hydrogen-bond donors (Lipinski definition) is 0. The van der Waals surface area contributed by atoms with E-state index < -0.39 is 9.84 Å². The first-order valence-corrected chi connectivity index (χ1v) is 9.68. The van der Waals surface area contributed by atoms with Crippen LogP contribution in [0.15, 0.2) is 70.3 Å². The Morgan fingerprint density at radius 3 is 2.65 bits per heavy atom. The van der Waals surface area contributed by atoms with Crippen molar-refractivity contribution in [2.75, 3.05) is 6.26 Å². The lowest BCUT2D eigenvalue weighted by Crippen LogP contribution is -2.07. The molecule has 0 unspecified atom stereocenters. The molecular weight excluding hydrogens is 376 g/mol. The van der Waals surface area contributed by atoms with Crippen molar-refractivity contribution in [1.29, 1.82) is 0 Å². The predicted octanol–water partition coefficient (Wildman–Crippen LogP) is 3.76. The van der Waals surface area contributed by atoms with Crippen LogP contribution in [0, 0.1) is 0 Å². The number of imidazole rings is 1. The first-order chi connectivity index (χ1) is 10.9. The van der Waals surface area contributed by atoms with Crippen LogP contribution < -0.4 is 0 Å². The molecule has 4 nitrogen and oxygen atoms in total. The zero-order chi connectivity index (χ0) is 16.4. The van der Waals surface area contributed by atoms with Gasteiger partial charge in [-0.3, -0.25) is 0 Å². The van der Waals surface area contributed by atoms with Gasteiger partial charge in [-0.05, 0) is 23.8 Å². The van der Waals surface area contributed by atoms with Gasteiger partial charge in [0, 0.05) is 28.7 Å². The largest absolute Gasteiger partial charge is 0.327 e. The Bertz CT molecular complexity index is 948. The van der Waals surface area contributed by atoms with Crippen LogP contribution >= 0.6 is 15.9 Å². The summed E-state index contributed by atoms with van der Waals surface area (Å²) in [7, 11) is -3.26. The molecule has 0 aliphatic rings. The molecule has 0 aliphatic carbocycles. The number of nitrogens with zero attached hydrogens (tertiary/aromatic N) is 2. The van der Waals surface area contributed by atoms with Gasteiger partial charge < -0.3 is 4.57 Å². The summed E-state index contributed by atoms with van der Waals surface area (Å²) in [5.74, 6) is 0.801. The van der Waals surface area contributed by atoms with Gasteiger partial charge in [0.1, 0.15) is 5.82 Å². The Labute approximate surface area is 143 Å². The molecule has 3 rings (SSSR count). The average molecular weight is 391 g/mol. The smallest absolute Gasteiger partial charge is 0.175 e. The first kappa shape index (κ1) is 16.0. The topological polar surface area (TPSA) is 52.0 Å². The molecule has 2 aromatic carbocycles. The van der Waals surface area contributed by atoms with Crippen molar-refractivity contribution in [3.8, 4) is 11.4 Å². The standard InChI is InChI=1S/C17H15BrN2O2S/c1-23(21,22)16-8-3-2-5-14(16)12-20-10-9-19-17(20)13-6-4-7-15(18)11-13/h2-11H,12H2,1H3. The van der Waals surface area contributed by atoms with Crippen LogP contribution in [0.2, 0.25) is 0 Å². The van der Waals surface area contributed by atoms with Gasteiger partial charge in [-0.25, -0.2) is 13.4 Å². The van der Waals surface area contributed by atoms with Crippen LogP contribution in [-0.2, 0) is 16.4 Å². The maximum atomic E-state index is 12.0. The Hall–Kier alpha value is -1.92. The zero-order valence-corrected chi connectivity index (χ0v) is 14.9. The van der Waals surface area contributed by atoms with Gasteiger partial charge in [-0.1, -0.05) is 46.3 Å². The fourth-order valence-electron chi connectivity index (χ4n) is 2.50. The SMILES string of the molecule is CS(=O)(=O)c1ccccc1Cn1ccnc1-c1cccc(Br)c1. The minimum atomic E-state index is -3.26. The lowest BCUT2D eigenvalue weighted by molar-refractivity contribution is 0.600. The highest BCUT2D eigenvalue weighted by Gasteiger charge is 2.14. The lowest BCUT2D eigenvalue weighted by Gasteiger charge is -2.11. The van der Waals surface area contributed by atoms with E-state index in [0.29, 0.717) is 11.4 Å². The predicted molar refractivity (Wildman–Crippen MR) is 94.0 cm³/mol. The van der Waals surface area contributed by atoms with Gasteiger partial charge in [-0.15, -0.1) is 0 Å². The first-order valence-electron chi connectivity index (χ1n) is 7.00. The van der Waals surface area contributed by atoms with E-state index in [4.69, 9.17) is 0 Å². The molecule has 0 spiro atoms. The summed E-state index contributed by atoms with van der Waals surface area (Å²) in [5, 5.41) is 0. The Morgan fingerprint density at radius 2 is 1.91 bits per heavy atom. The second-order valence-corrected chi connectivity index (χ2v) is 8.17. The van der Waals surface area contributed by atoms with E-state index in [1.54, 1.807) is 18.3 Å². The van der Waals surface area contributed by atoms with Crippen molar-refractivity contribution < 1.29 is 8.42 Å². The van der Waals surface area contributed by atoms with Crippen LogP contribution in [-0.4, -0.2) is 24.2 Å². The maximum Gasteiger partial charge on any atom is 0.175 e. The molecule has 0 N–H and O–H groups in total. The molecular formula is C17H15BrN2O2S. The van der Waals surface area contributed by atoms with Crippen molar-refractivity contribution in [2.45, 2.75) is 11.4 Å². The van der Waals surface area contributed by atoms with Gasteiger partial charge in [0.05, 0.1) is 11.4 Å². The molecule has 1 aromatic heterocycles. The molecule has 3 aromatic rings. The van der Waals surface area contributed by atoms with Crippen LogP contribution in [0.3, 0.4) is 0 Å². The molecule has 118 valence electrons. The van der Waals surface area contributed by atoms with E-state index in [0.717, 1.165) is 21.4 Å². The normalized spacial score (nSPS) is 11.6. The highest BCUT2D eigenvalue weighted by molar-refractivity contribution is 9.10. The van der Waals surface area contributed by atoms with Gasteiger partial charge in [0.2, 0.25) is 0 Å². The Balaban J connectivity index is 2.02. The van der Waals surface area contributed by atoms with E-state index >= 15 is 0 Å². The summed E-state index contributed by atoms with van der Waals surface area (Å²) < 4.78 is 26.8. The van der Waals surface area contributed by atoms with Gasteiger partial charge in [0.25, 0.3) is 0 Å². The minimum Gasteiger partial charge on any atom is -0.327 e. The monoisotopic (exact) mass is 390 g/mol. The molecule has 0 amide bonds. The molecule has 0 fully saturated rings. The van der Waals surface area contributed by atoms with Crippen molar-refractivity contribution in [2.24, 2.45) is 0 Å². The summed E-state index contributed by atoms with van der Waals surface area (Å²) in [4.78, 5) is 4.76. The average Bonchev–Trinajstić information content (AvgIpc) is 2.95. The highest BCUT2D eigenvalue weighted by Crippen LogP contribution is 2.24. The third-order valence-electron chi connectivity index (χ3n) is 3.51. The number of halogens is 1. The van der Waals surface area contributed by atoms with Crippen LogP contribution in [0.25, 0.3) is 11.4 Å². The van der Waals surface area contributed by atoms with E-state index in [2.05, 4.69) is 20.9 Å². The van der Waals surface area contributed by atoms with E-state index in [1.807, 2.05) is 47.2 Å². The van der Waals surface area contributed by atoms with Gasteiger partial charge in [-0.2, -0.15) is 0 Å². The lowest BCUT2D eigenvalue weighted by atomic mass is 10.2. The second kappa shape index (κ2) is 6.29. The second-order valence-electron chi connectivity index (χ2n) is 5.27. The van der Waals surface area contributed by atoms with Crippen molar-refractivity contribution in [1.82, 2.24) is 9.55 Å². The van der Waals surface area contributed by atoms with E-state index in [-0.39, 0.29) is 0 Å². The highest BCUT2D eigenvalue weighted by atomic mass is 79.9. The summed E-state index contributed by atoms with van der Waals surface area (Å²) >= 11 is 3.46. The molecule has 1 heterocycles. The third kappa shape index (κ3) is 3.54. The summed E-state index contributed by atoms with van der Waals surface area (Å²) in [5.41, 5.74) is 1.73. The Morgan fingerprint density at radius 1 is 1.13 bits per heavy atom. The van der Waals surface area contributed by atoms with Crippen molar-refractivity contribution in [3.05, 3.63) is 71.0 Å². The molecule has 0 saturated carbocycles. The van der Waals surface area contributed by atoms with E-state index in [9.17, 15) is 8.42 Å². The summed E-state index contributed by atoms with van der Waals surface area (Å²) in [6, 6.07) is 14.9. The third-order valence-corrected chi connectivity index (χ3v) is 5.20. The fraction of sp³-hybridized carbons (Fsp3) is 0.118. The van der Waals surface area contributed by atoms with Crippen molar-refractivity contribution in [3.63, 3.8) is 0 Å². The number of aromatic nitrogens is 2. The maximum absolute atomic E-state index is 12.0. The molecule has 23 heavy (non-hydrogen) atoms. The molecule has 0 saturated heterocycles. The molecule has 0 atom stereocenters. The molecule has 0 bridgehead atoms. The summed E-state index contributed by atoms with van der Waals surface area (Å²) in [6.07, 6.45) is 4.81. The van der Waals surface area contributed by atoms with Crippen LogP contribution in [0.1, 0.15) is 5.56 Å². The van der Waals surface area contributed by atoms with E-state index in [1.165, 1.54) is 6.26 Å². The van der Waals surface area contributed by atoms with Gasteiger partial charge in [0.15, 0.2) is 9.84 Å².